The van der Waals surface area contributed by atoms with E-state index in [1.54, 1.807) is 36.1 Å². The van der Waals surface area contributed by atoms with Crippen LogP contribution in [0.15, 0.2) is 54.6 Å². The number of esters is 1. The van der Waals surface area contributed by atoms with Crippen LogP contribution in [-0.4, -0.2) is 72.4 Å². The first kappa shape index (κ1) is 22.3. The lowest BCUT2D eigenvalue weighted by atomic mass is 10.1. The zero-order chi connectivity index (χ0) is 23.4. The molecule has 172 valence electrons. The number of imide groups is 1. The van der Waals surface area contributed by atoms with Crippen molar-refractivity contribution in [2.75, 3.05) is 37.6 Å². The van der Waals surface area contributed by atoms with Crippen molar-refractivity contribution in [3.8, 4) is 0 Å². The van der Waals surface area contributed by atoms with Crippen LogP contribution >= 0.6 is 0 Å². The lowest BCUT2D eigenvalue weighted by Gasteiger charge is -2.37. The highest BCUT2D eigenvalue weighted by Crippen LogP contribution is 2.17. The predicted octanol–water partition coefficient (Wildman–Crippen LogP) is 1.63. The van der Waals surface area contributed by atoms with Crippen LogP contribution in [0.5, 0.6) is 0 Å². The fourth-order valence-electron chi connectivity index (χ4n) is 3.95. The third kappa shape index (κ3) is 5.14. The van der Waals surface area contributed by atoms with E-state index in [1.165, 1.54) is 0 Å². The smallest absolute Gasteiger partial charge is 0.338 e. The van der Waals surface area contributed by atoms with Crippen LogP contribution in [0.25, 0.3) is 0 Å². The molecule has 1 N–H and O–H groups in total. The van der Waals surface area contributed by atoms with Crippen LogP contribution in [0.4, 0.5) is 10.5 Å². The molecule has 4 rings (SSSR count). The molecule has 2 saturated heterocycles. The summed E-state index contributed by atoms with van der Waals surface area (Å²) in [6, 6.07) is 16.1. The Morgan fingerprint density at radius 2 is 1.73 bits per heavy atom. The molecule has 2 aliphatic heterocycles. The van der Waals surface area contributed by atoms with Gasteiger partial charge in [-0.25, -0.2) is 9.59 Å². The van der Waals surface area contributed by atoms with Gasteiger partial charge in [0.25, 0.3) is 5.91 Å². The summed E-state index contributed by atoms with van der Waals surface area (Å²) >= 11 is 0. The Kier molecular flexibility index (Phi) is 6.58. The summed E-state index contributed by atoms with van der Waals surface area (Å²) in [5.74, 6) is -1.18. The van der Waals surface area contributed by atoms with Gasteiger partial charge >= 0.3 is 12.0 Å². The molecule has 9 heteroatoms. The standard InChI is InChI=1S/C24H26N4O5/c1-17(22(30)27-12-10-26(11-13-27)20-8-3-2-4-9-20)33-23(31)19-7-5-6-18(14-19)16-28-21(29)15-25-24(28)32/h2-9,14,17H,10-13,15-16H2,1H3,(H,25,32). The Morgan fingerprint density at radius 1 is 1.00 bits per heavy atom. The number of anilines is 1. The largest absolute Gasteiger partial charge is 0.449 e. The van der Waals surface area contributed by atoms with Crippen LogP contribution in [0.2, 0.25) is 0 Å². The molecule has 0 aliphatic carbocycles. The highest BCUT2D eigenvalue weighted by Gasteiger charge is 2.29. The second-order valence-electron chi connectivity index (χ2n) is 8.03. The number of para-hydroxylation sites is 1. The van der Waals surface area contributed by atoms with Crippen molar-refractivity contribution in [3.63, 3.8) is 0 Å². The first-order valence-electron chi connectivity index (χ1n) is 10.9. The fraction of sp³-hybridized carbons (Fsp3) is 0.333. The lowest BCUT2D eigenvalue weighted by molar-refractivity contribution is -0.140. The quantitative estimate of drug-likeness (QED) is 0.531. The van der Waals surface area contributed by atoms with Crippen LogP contribution in [-0.2, 0) is 20.9 Å². The zero-order valence-electron chi connectivity index (χ0n) is 18.4. The second-order valence-corrected chi connectivity index (χ2v) is 8.03. The number of carbonyl (C=O) groups is 4. The van der Waals surface area contributed by atoms with Crippen LogP contribution in [0.3, 0.4) is 0 Å². The SMILES string of the molecule is CC(OC(=O)c1cccc(CN2C(=O)CNC2=O)c1)C(=O)N1CCN(c2ccccc2)CC1. The number of benzene rings is 2. The van der Waals surface area contributed by atoms with Gasteiger partial charge in [-0.3, -0.25) is 14.5 Å². The Morgan fingerprint density at radius 3 is 2.39 bits per heavy atom. The van der Waals surface area contributed by atoms with Crippen molar-refractivity contribution in [1.29, 1.82) is 0 Å². The van der Waals surface area contributed by atoms with Crippen molar-refractivity contribution >= 4 is 29.5 Å². The molecule has 0 bridgehead atoms. The molecule has 1 unspecified atom stereocenters. The number of nitrogens with zero attached hydrogens (tertiary/aromatic N) is 3. The Labute approximate surface area is 191 Å². The van der Waals surface area contributed by atoms with Gasteiger partial charge in [-0.05, 0) is 36.8 Å². The fourth-order valence-corrected chi connectivity index (χ4v) is 3.95. The third-order valence-corrected chi connectivity index (χ3v) is 5.78. The van der Waals surface area contributed by atoms with E-state index >= 15 is 0 Å². The minimum absolute atomic E-state index is 0.0280. The molecule has 2 aromatic rings. The number of piperazine rings is 1. The van der Waals surface area contributed by atoms with E-state index in [9.17, 15) is 19.2 Å². The first-order valence-corrected chi connectivity index (χ1v) is 10.9. The average molecular weight is 450 g/mol. The topological polar surface area (TPSA) is 99.3 Å². The minimum atomic E-state index is -0.921. The highest BCUT2D eigenvalue weighted by molar-refractivity contribution is 6.02. The van der Waals surface area contributed by atoms with Crippen LogP contribution < -0.4 is 10.2 Å². The van der Waals surface area contributed by atoms with Gasteiger partial charge in [0.2, 0.25) is 5.91 Å². The molecule has 1 atom stereocenters. The van der Waals surface area contributed by atoms with Crippen molar-refractivity contribution in [2.45, 2.75) is 19.6 Å². The molecule has 9 nitrogen and oxygen atoms in total. The van der Waals surface area contributed by atoms with Crippen LogP contribution in [0, 0.1) is 0 Å². The van der Waals surface area contributed by atoms with E-state index < -0.39 is 18.1 Å². The van der Waals surface area contributed by atoms with E-state index in [1.807, 2.05) is 30.3 Å². The first-order chi connectivity index (χ1) is 15.9. The number of rotatable bonds is 6. The van der Waals surface area contributed by atoms with E-state index in [0.29, 0.717) is 31.7 Å². The molecule has 4 amide bonds. The predicted molar refractivity (Wildman–Crippen MR) is 121 cm³/mol. The van der Waals surface area contributed by atoms with Gasteiger partial charge in [-0.1, -0.05) is 30.3 Å². The van der Waals surface area contributed by atoms with Crippen molar-refractivity contribution in [2.24, 2.45) is 0 Å². The maximum absolute atomic E-state index is 12.8. The maximum atomic E-state index is 12.8. The van der Waals surface area contributed by atoms with E-state index in [2.05, 4.69) is 10.2 Å². The average Bonchev–Trinajstić information content (AvgIpc) is 3.16. The van der Waals surface area contributed by atoms with Crippen LogP contribution in [0.1, 0.15) is 22.8 Å². The van der Waals surface area contributed by atoms with Gasteiger partial charge in [-0.2, -0.15) is 0 Å². The molecule has 2 heterocycles. The number of hydrogen-bond donors (Lipinski definition) is 1. The number of carbonyl (C=O) groups excluding carboxylic acids is 4. The summed E-state index contributed by atoms with van der Waals surface area (Å²) in [6.07, 6.45) is -0.921. The number of nitrogens with one attached hydrogen (secondary N) is 1. The third-order valence-electron chi connectivity index (χ3n) is 5.78. The normalized spacial score (nSPS) is 17.1. The molecular weight excluding hydrogens is 424 g/mol. The number of amides is 4. The summed E-state index contributed by atoms with van der Waals surface area (Å²) in [4.78, 5) is 54.0. The zero-order valence-corrected chi connectivity index (χ0v) is 18.4. The monoisotopic (exact) mass is 450 g/mol. The number of hydrogen-bond acceptors (Lipinski definition) is 6. The highest BCUT2D eigenvalue weighted by atomic mass is 16.5. The van der Waals surface area contributed by atoms with Gasteiger partial charge in [0.05, 0.1) is 18.7 Å². The van der Waals surface area contributed by atoms with Crippen molar-refractivity contribution in [1.82, 2.24) is 15.1 Å². The van der Waals surface area contributed by atoms with Gasteiger partial charge in [-0.15, -0.1) is 0 Å². The van der Waals surface area contributed by atoms with Gasteiger partial charge < -0.3 is 19.9 Å². The van der Waals surface area contributed by atoms with Gasteiger partial charge in [0.1, 0.15) is 0 Å². The van der Waals surface area contributed by atoms with Gasteiger partial charge in [0, 0.05) is 31.9 Å². The minimum Gasteiger partial charge on any atom is -0.449 e. The van der Waals surface area contributed by atoms with Crippen molar-refractivity contribution < 1.29 is 23.9 Å². The molecule has 0 spiro atoms. The molecular formula is C24H26N4O5. The van der Waals surface area contributed by atoms with Gasteiger partial charge in [0.15, 0.2) is 6.10 Å². The number of urea groups is 1. The van der Waals surface area contributed by atoms with E-state index in [0.717, 1.165) is 10.6 Å². The summed E-state index contributed by atoms with van der Waals surface area (Å²) in [6.45, 7) is 4.13. The Bertz CT molecular complexity index is 1030. The lowest BCUT2D eigenvalue weighted by Crippen LogP contribution is -2.51. The van der Waals surface area contributed by atoms with E-state index in [-0.39, 0.29) is 30.5 Å². The molecule has 0 saturated carbocycles. The van der Waals surface area contributed by atoms with Crippen molar-refractivity contribution in [3.05, 3.63) is 65.7 Å². The summed E-state index contributed by atoms with van der Waals surface area (Å²) in [5.41, 5.74) is 2.00. The molecule has 0 radical (unpaired) electrons. The maximum Gasteiger partial charge on any atom is 0.338 e. The molecule has 2 fully saturated rings. The second kappa shape index (κ2) is 9.72. The Hall–Kier alpha value is -3.88. The molecule has 0 aromatic heterocycles. The molecule has 2 aromatic carbocycles. The summed E-state index contributed by atoms with van der Waals surface area (Å²) < 4.78 is 5.43. The Balaban J connectivity index is 1.31. The molecule has 33 heavy (non-hydrogen) atoms. The summed E-state index contributed by atoms with van der Waals surface area (Å²) in [5, 5.41) is 2.46. The summed E-state index contributed by atoms with van der Waals surface area (Å²) in [7, 11) is 0. The van der Waals surface area contributed by atoms with E-state index in [4.69, 9.17) is 4.74 Å². The number of ether oxygens (including phenoxy) is 1. The molecule has 2 aliphatic rings.